The first-order chi connectivity index (χ1) is 15.4. The Morgan fingerprint density at radius 2 is 1.88 bits per heavy atom. The normalized spacial score (nSPS) is 11.7. The van der Waals surface area contributed by atoms with Gasteiger partial charge in [-0.25, -0.2) is 9.78 Å². The molecule has 1 aromatic heterocycles. The SMILES string of the molecule is O=C(O)/C(=C/c1cc(Cl)ccc1OCc1ccc(Cl)c(Cl)c1)Sc1nc2ccccc2o1. The molecule has 1 N–H and O–H groups in total. The smallest absolute Gasteiger partial charge is 0.342 e. The molecule has 0 fully saturated rings. The molecule has 0 saturated heterocycles. The van der Waals surface area contributed by atoms with Gasteiger partial charge in [0, 0.05) is 10.6 Å². The van der Waals surface area contributed by atoms with Gasteiger partial charge in [-0.2, -0.15) is 0 Å². The fraction of sp³-hybridized carbons (Fsp3) is 0.0435. The molecule has 0 aliphatic carbocycles. The third-order valence-electron chi connectivity index (χ3n) is 4.32. The van der Waals surface area contributed by atoms with E-state index in [9.17, 15) is 9.90 Å². The standard InChI is InChI=1S/C23H14Cl3NO4S/c24-15-6-8-19(30-12-13-5-7-16(25)17(26)9-13)14(10-15)11-21(22(28)29)32-23-27-18-3-1-2-4-20(18)31-23/h1-11H,12H2,(H,28,29)/b21-11-. The van der Waals surface area contributed by atoms with Crippen molar-refractivity contribution < 1.29 is 19.1 Å². The summed E-state index contributed by atoms with van der Waals surface area (Å²) in [4.78, 5) is 16.2. The number of nitrogens with zero attached hydrogens (tertiary/aromatic N) is 1. The average Bonchev–Trinajstić information content (AvgIpc) is 3.17. The van der Waals surface area contributed by atoms with Crippen LogP contribution in [0.25, 0.3) is 17.2 Å². The highest BCUT2D eigenvalue weighted by Gasteiger charge is 2.16. The van der Waals surface area contributed by atoms with E-state index in [0.29, 0.717) is 37.5 Å². The quantitative estimate of drug-likeness (QED) is 0.206. The number of ether oxygens (including phenoxy) is 1. The number of carboxylic acids is 1. The van der Waals surface area contributed by atoms with Crippen LogP contribution in [0.5, 0.6) is 5.75 Å². The molecule has 0 amide bonds. The van der Waals surface area contributed by atoms with Crippen LogP contribution in [0.4, 0.5) is 0 Å². The third-order valence-corrected chi connectivity index (χ3v) is 6.15. The van der Waals surface area contributed by atoms with E-state index in [1.165, 1.54) is 6.08 Å². The van der Waals surface area contributed by atoms with Gasteiger partial charge >= 0.3 is 5.97 Å². The lowest BCUT2D eigenvalue weighted by Gasteiger charge is -2.11. The molecule has 4 aromatic rings. The highest BCUT2D eigenvalue weighted by Crippen LogP contribution is 2.33. The molecule has 9 heteroatoms. The first kappa shape index (κ1) is 22.6. The Balaban J connectivity index is 1.61. The molecule has 5 nitrogen and oxygen atoms in total. The summed E-state index contributed by atoms with van der Waals surface area (Å²) in [5, 5.41) is 11.3. The van der Waals surface area contributed by atoms with Gasteiger partial charge in [-0.05, 0) is 65.9 Å². The predicted molar refractivity (Wildman–Crippen MR) is 128 cm³/mol. The molecule has 0 bridgehead atoms. The van der Waals surface area contributed by atoms with Gasteiger partial charge in [0.15, 0.2) is 5.58 Å². The topological polar surface area (TPSA) is 72.6 Å². The highest BCUT2D eigenvalue weighted by molar-refractivity contribution is 8.03. The monoisotopic (exact) mass is 505 g/mol. The average molecular weight is 507 g/mol. The molecule has 32 heavy (non-hydrogen) atoms. The molecular formula is C23H14Cl3NO4S. The van der Waals surface area contributed by atoms with Crippen LogP contribution < -0.4 is 4.74 Å². The van der Waals surface area contributed by atoms with E-state index in [2.05, 4.69) is 4.98 Å². The van der Waals surface area contributed by atoms with E-state index in [4.69, 9.17) is 44.0 Å². The van der Waals surface area contributed by atoms with Crippen molar-refractivity contribution in [3.05, 3.63) is 91.8 Å². The molecule has 0 saturated carbocycles. The molecule has 0 aliphatic heterocycles. The Hall–Kier alpha value is -2.64. The predicted octanol–water partition coefficient (Wildman–Crippen LogP) is 7.58. The van der Waals surface area contributed by atoms with E-state index in [0.717, 1.165) is 17.3 Å². The Morgan fingerprint density at radius 1 is 1.06 bits per heavy atom. The van der Waals surface area contributed by atoms with Crippen molar-refractivity contribution in [2.45, 2.75) is 11.8 Å². The summed E-state index contributed by atoms with van der Waals surface area (Å²) in [5.74, 6) is -0.676. The van der Waals surface area contributed by atoms with Gasteiger partial charge in [0.25, 0.3) is 5.22 Å². The number of hydrogen-bond acceptors (Lipinski definition) is 5. The molecule has 162 valence electrons. The molecule has 3 aromatic carbocycles. The van der Waals surface area contributed by atoms with Gasteiger partial charge in [-0.15, -0.1) is 0 Å². The van der Waals surface area contributed by atoms with Crippen molar-refractivity contribution in [3.8, 4) is 5.75 Å². The minimum atomic E-state index is -1.13. The first-order valence-corrected chi connectivity index (χ1v) is 11.2. The van der Waals surface area contributed by atoms with Crippen LogP contribution in [-0.2, 0) is 11.4 Å². The second-order valence-corrected chi connectivity index (χ2v) is 8.83. The lowest BCUT2D eigenvalue weighted by atomic mass is 10.2. The van der Waals surface area contributed by atoms with Crippen molar-refractivity contribution in [1.82, 2.24) is 4.98 Å². The Morgan fingerprint density at radius 3 is 2.62 bits per heavy atom. The summed E-state index contributed by atoms with van der Waals surface area (Å²) >= 11 is 19.1. The largest absolute Gasteiger partial charge is 0.488 e. The summed E-state index contributed by atoms with van der Waals surface area (Å²) in [6, 6.07) is 17.4. The molecule has 1 heterocycles. The van der Waals surface area contributed by atoms with Crippen molar-refractivity contribution in [2.24, 2.45) is 0 Å². The van der Waals surface area contributed by atoms with Crippen molar-refractivity contribution in [3.63, 3.8) is 0 Å². The second kappa shape index (κ2) is 9.88. The zero-order valence-electron chi connectivity index (χ0n) is 16.2. The number of rotatable bonds is 7. The van der Waals surface area contributed by atoms with Crippen molar-refractivity contribution in [2.75, 3.05) is 0 Å². The summed E-state index contributed by atoms with van der Waals surface area (Å²) < 4.78 is 11.5. The van der Waals surface area contributed by atoms with Gasteiger partial charge in [0.2, 0.25) is 0 Å². The van der Waals surface area contributed by atoms with Gasteiger partial charge < -0.3 is 14.3 Å². The third kappa shape index (κ3) is 5.40. The number of hydrogen-bond donors (Lipinski definition) is 1. The Kier molecular flexibility index (Phi) is 6.96. The Bertz CT molecular complexity index is 1300. The first-order valence-electron chi connectivity index (χ1n) is 9.24. The van der Waals surface area contributed by atoms with Gasteiger partial charge in [0.1, 0.15) is 22.8 Å². The number of para-hydroxylation sites is 2. The lowest BCUT2D eigenvalue weighted by molar-refractivity contribution is -0.131. The summed E-state index contributed by atoms with van der Waals surface area (Å²) in [7, 11) is 0. The van der Waals surface area contributed by atoms with Crippen molar-refractivity contribution >= 4 is 69.7 Å². The van der Waals surface area contributed by atoms with Crippen LogP contribution in [0, 0.1) is 0 Å². The number of fused-ring (bicyclic) bond motifs is 1. The highest BCUT2D eigenvalue weighted by atomic mass is 35.5. The van der Waals surface area contributed by atoms with E-state index < -0.39 is 5.97 Å². The maximum absolute atomic E-state index is 11.9. The zero-order valence-corrected chi connectivity index (χ0v) is 19.3. The molecule has 4 rings (SSSR count). The number of aliphatic carboxylic acids is 1. The van der Waals surface area contributed by atoms with Crippen LogP contribution >= 0.6 is 46.6 Å². The number of carboxylic acid groups (broad SMARTS) is 1. The van der Waals surface area contributed by atoms with Crippen LogP contribution in [0.3, 0.4) is 0 Å². The van der Waals surface area contributed by atoms with E-state index in [-0.39, 0.29) is 16.7 Å². The lowest BCUT2D eigenvalue weighted by Crippen LogP contribution is -2.00. The fourth-order valence-electron chi connectivity index (χ4n) is 2.82. The van der Waals surface area contributed by atoms with Crippen molar-refractivity contribution in [1.29, 1.82) is 0 Å². The van der Waals surface area contributed by atoms with E-state index in [1.807, 2.05) is 12.1 Å². The summed E-state index contributed by atoms with van der Waals surface area (Å²) in [6.45, 7) is 0.208. The number of halogens is 3. The maximum atomic E-state index is 11.9. The molecule has 0 unspecified atom stereocenters. The molecule has 0 atom stereocenters. The molecule has 0 radical (unpaired) electrons. The molecule has 0 aliphatic rings. The van der Waals surface area contributed by atoms with Gasteiger partial charge in [-0.3, -0.25) is 0 Å². The number of thioether (sulfide) groups is 1. The minimum absolute atomic E-state index is 0.00166. The number of aromatic nitrogens is 1. The van der Waals surface area contributed by atoms with Crippen LogP contribution in [-0.4, -0.2) is 16.1 Å². The van der Waals surface area contributed by atoms with Crippen LogP contribution in [0.1, 0.15) is 11.1 Å². The minimum Gasteiger partial charge on any atom is -0.488 e. The van der Waals surface area contributed by atoms with Crippen LogP contribution in [0.15, 0.2) is 75.2 Å². The van der Waals surface area contributed by atoms with Gasteiger partial charge in [-0.1, -0.05) is 53.0 Å². The molecular weight excluding hydrogens is 493 g/mol. The number of carbonyl (C=O) groups is 1. The molecule has 0 spiro atoms. The number of oxazole rings is 1. The summed E-state index contributed by atoms with van der Waals surface area (Å²) in [6.07, 6.45) is 1.47. The fourth-order valence-corrected chi connectivity index (χ4v) is 4.06. The Labute approximate surface area is 202 Å². The zero-order chi connectivity index (χ0) is 22.7. The van der Waals surface area contributed by atoms with Crippen LogP contribution in [0.2, 0.25) is 15.1 Å². The van der Waals surface area contributed by atoms with E-state index >= 15 is 0 Å². The maximum Gasteiger partial charge on any atom is 0.342 e. The van der Waals surface area contributed by atoms with Gasteiger partial charge in [0.05, 0.1) is 10.0 Å². The second-order valence-electron chi connectivity index (χ2n) is 6.58. The van der Waals surface area contributed by atoms with E-state index in [1.54, 1.807) is 48.5 Å². The summed E-state index contributed by atoms with van der Waals surface area (Å²) in [5.41, 5.74) is 2.53. The number of benzene rings is 3.